The molecule has 256 valence electrons. The third-order valence-corrected chi connectivity index (χ3v) is 11.5. The first-order valence-corrected chi connectivity index (χ1v) is 19.9. The van der Waals surface area contributed by atoms with Crippen LogP contribution >= 0.6 is 23.1 Å². The first-order valence-electron chi connectivity index (χ1n) is 16.5. The molecule has 14 heteroatoms. The van der Waals surface area contributed by atoms with Crippen molar-refractivity contribution in [2.45, 2.75) is 32.2 Å². The number of benzene rings is 2. The fourth-order valence-corrected chi connectivity index (χ4v) is 8.11. The second kappa shape index (κ2) is 14.5. The molecule has 0 aliphatic carbocycles. The van der Waals surface area contributed by atoms with E-state index in [1.165, 1.54) is 43.5 Å². The van der Waals surface area contributed by atoms with Crippen molar-refractivity contribution in [3.8, 4) is 17.1 Å². The van der Waals surface area contributed by atoms with Crippen molar-refractivity contribution in [3.05, 3.63) is 52.9 Å². The molecule has 4 heterocycles. The van der Waals surface area contributed by atoms with Crippen LogP contribution in [0.2, 0.25) is 0 Å². The van der Waals surface area contributed by atoms with Gasteiger partial charge in [-0.3, -0.25) is 4.90 Å². The highest BCUT2D eigenvalue weighted by Gasteiger charge is 2.28. The highest BCUT2D eigenvalue weighted by Crippen LogP contribution is 2.41. The largest absolute Gasteiger partial charge is 0.494 e. The molecule has 2 aromatic carbocycles. The van der Waals surface area contributed by atoms with Gasteiger partial charge in [0, 0.05) is 81.2 Å². The number of aryl methyl sites for hydroxylation is 2. The van der Waals surface area contributed by atoms with Gasteiger partial charge in [-0.05, 0) is 85.4 Å². The summed E-state index contributed by atoms with van der Waals surface area (Å²) in [4.78, 5) is 21.3. The number of likely N-dealkylation sites (N-methyl/N-ethyl adjacent to an activating group) is 1. The highest BCUT2D eigenvalue weighted by molar-refractivity contribution is 9.10. The zero-order valence-corrected chi connectivity index (χ0v) is 31.2. The Morgan fingerprint density at radius 1 is 0.979 bits per heavy atom. The lowest BCUT2D eigenvalue weighted by Crippen LogP contribution is -2.52. The first-order chi connectivity index (χ1) is 23.0. The van der Waals surface area contributed by atoms with Crippen molar-refractivity contribution in [3.63, 3.8) is 0 Å². The molecule has 2 N–H and O–H groups in total. The van der Waals surface area contributed by atoms with Gasteiger partial charge in [0.05, 0.1) is 23.0 Å². The van der Waals surface area contributed by atoms with E-state index in [4.69, 9.17) is 9.72 Å². The maximum absolute atomic E-state index is 13.4. The molecule has 0 unspecified atom stereocenters. The standard InChI is InChI=1S/C34H46BrN10O2P/c1-7-23-18-28(30(47-4)20-29(23)45-12-10-25(11-13-45)44-16-14-42(2)15-17-44)40-34-36-21-26(35)32(41-34)39-27-9-8-24(19-31(27)48(5,6)46)33-37-22-38-43(33)3/h8-9,18-22,25H,7,10-17H2,1-6H3,(H2,36,39,40,41). The van der Waals surface area contributed by atoms with E-state index in [9.17, 15) is 4.57 Å². The van der Waals surface area contributed by atoms with Crippen molar-refractivity contribution < 1.29 is 9.30 Å². The Balaban J connectivity index is 1.21. The van der Waals surface area contributed by atoms with Gasteiger partial charge >= 0.3 is 0 Å². The normalized spacial score (nSPS) is 16.7. The molecule has 6 rings (SSSR count). The van der Waals surface area contributed by atoms with Gasteiger partial charge in [0.2, 0.25) is 5.95 Å². The highest BCUT2D eigenvalue weighted by atomic mass is 79.9. The number of aromatic nitrogens is 5. The number of hydrogen-bond donors (Lipinski definition) is 2. The Labute approximate surface area is 291 Å². The lowest BCUT2D eigenvalue weighted by Gasteiger charge is -2.43. The summed E-state index contributed by atoms with van der Waals surface area (Å²) in [6.45, 7) is 12.4. The Hall–Kier alpha value is -3.51. The molecule has 2 aromatic heterocycles. The van der Waals surface area contributed by atoms with E-state index in [-0.39, 0.29) is 0 Å². The van der Waals surface area contributed by atoms with Gasteiger partial charge < -0.3 is 29.7 Å². The molecule has 0 saturated carbocycles. The molecule has 2 fully saturated rings. The quantitative estimate of drug-likeness (QED) is 0.200. The predicted molar refractivity (Wildman–Crippen MR) is 199 cm³/mol. The van der Waals surface area contributed by atoms with Gasteiger partial charge in [-0.2, -0.15) is 10.1 Å². The number of nitrogens with zero attached hydrogens (tertiary/aromatic N) is 8. The van der Waals surface area contributed by atoms with E-state index in [2.05, 4.69) is 82.4 Å². The summed E-state index contributed by atoms with van der Waals surface area (Å²) >= 11 is 3.60. The molecule has 0 spiro atoms. The summed E-state index contributed by atoms with van der Waals surface area (Å²) in [5, 5.41) is 11.7. The molecule has 2 aliphatic heterocycles. The van der Waals surface area contributed by atoms with Crippen molar-refractivity contribution in [2.75, 3.05) is 82.3 Å². The van der Waals surface area contributed by atoms with Crippen LogP contribution in [0.25, 0.3) is 11.4 Å². The summed E-state index contributed by atoms with van der Waals surface area (Å²) in [5.41, 5.74) is 4.83. The van der Waals surface area contributed by atoms with Crippen molar-refractivity contribution in [2.24, 2.45) is 7.05 Å². The van der Waals surface area contributed by atoms with Gasteiger partial charge in [0.1, 0.15) is 25.0 Å². The molecular formula is C34H46BrN10O2P. The molecule has 48 heavy (non-hydrogen) atoms. The van der Waals surface area contributed by atoms with Crippen molar-refractivity contribution in [1.29, 1.82) is 0 Å². The first kappa shape index (κ1) is 34.4. The summed E-state index contributed by atoms with van der Waals surface area (Å²) in [6.07, 6.45) is 6.45. The van der Waals surface area contributed by atoms with Crippen LogP contribution in [0, 0.1) is 0 Å². The zero-order valence-electron chi connectivity index (χ0n) is 28.7. The number of piperazine rings is 1. The Bertz CT molecular complexity index is 1790. The molecule has 2 saturated heterocycles. The van der Waals surface area contributed by atoms with Crippen molar-refractivity contribution in [1.82, 2.24) is 34.5 Å². The third kappa shape index (κ3) is 7.54. The van der Waals surface area contributed by atoms with Crippen LogP contribution in [0.1, 0.15) is 25.3 Å². The topological polar surface area (TPSA) is 117 Å². The lowest BCUT2D eigenvalue weighted by molar-refractivity contribution is 0.0982. The van der Waals surface area contributed by atoms with Crippen LogP contribution in [-0.4, -0.2) is 107 Å². The molecule has 0 atom stereocenters. The van der Waals surface area contributed by atoms with Crippen molar-refractivity contribution >= 4 is 57.2 Å². The van der Waals surface area contributed by atoms with Crippen LogP contribution < -0.4 is 25.6 Å². The molecule has 12 nitrogen and oxygen atoms in total. The number of rotatable bonds is 10. The third-order valence-electron chi connectivity index (χ3n) is 9.43. The molecule has 2 aliphatic rings. The SMILES string of the molecule is CCc1cc(Nc2ncc(Br)c(Nc3ccc(-c4ncnn4C)cc3P(C)(C)=O)n2)c(OC)cc1N1CCC(N2CCN(C)CC2)CC1. The minimum Gasteiger partial charge on any atom is -0.494 e. The Morgan fingerprint density at radius 2 is 1.73 bits per heavy atom. The van der Waals surface area contributed by atoms with E-state index in [1.807, 2.05) is 25.2 Å². The number of nitrogens with one attached hydrogen (secondary N) is 2. The fourth-order valence-electron chi connectivity index (χ4n) is 6.66. The Kier molecular flexibility index (Phi) is 10.4. The van der Waals surface area contributed by atoms with E-state index in [1.54, 1.807) is 31.3 Å². The Morgan fingerprint density at radius 3 is 2.38 bits per heavy atom. The average molecular weight is 738 g/mol. The number of hydrogen-bond acceptors (Lipinski definition) is 11. The van der Waals surface area contributed by atoms with E-state index in [0.29, 0.717) is 39.1 Å². The van der Waals surface area contributed by atoms with Gasteiger partial charge in [0.25, 0.3) is 0 Å². The second-order valence-electron chi connectivity index (χ2n) is 13.0. The summed E-state index contributed by atoms with van der Waals surface area (Å²) in [7, 11) is 3.06. The van der Waals surface area contributed by atoms with Gasteiger partial charge in [-0.1, -0.05) is 6.92 Å². The molecule has 0 bridgehead atoms. The molecule has 0 radical (unpaired) electrons. The minimum atomic E-state index is -2.69. The van der Waals surface area contributed by atoms with Crippen LogP contribution in [0.15, 0.2) is 47.3 Å². The summed E-state index contributed by atoms with van der Waals surface area (Å²) in [5.74, 6) is 2.40. The lowest BCUT2D eigenvalue weighted by atomic mass is 9.99. The number of anilines is 5. The average Bonchev–Trinajstić information content (AvgIpc) is 3.51. The van der Waals surface area contributed by atoms with E-state index >= 15 is 0 Å². The zero-order chi connectivity index (χ0) is 34.0. The minimum absolute atomic E-state index is 0.412. The summed E-state index contributed by atoms with van der Waals surface area (Å²) in [6, 6.07) is 10.7. The number of ether oxygens (including phenoxy) is 1. The number of halogens is 1. The summed E-state index contributed by atoms with van der Waals surface area (Å²) < 4.78 is 21.7. The monoisotopic (exact) mass is 736 g/mol. The van der Waals surface area contributed by atoms with E-state index < -0.39 is 7.14 Å². The number of piperidine rings is 1. The maximum atomic E-state index is 13.4. The van der Waals surface area contributed by atoms with Crippen LogP contribution in [0.5, 0.6) is 5.75 Å². The number of methoxy groups -OCH3 is 1. The molecule has 4 aromatic rings. The van der Waals surface area contributed by atoms with Gasteiger partial charge in [0.15, 0.2) is 5.82 Å². The second-order valence-corrected chi connectivity index (χ2v) is 17.1. The van der Waals surface area contributed by atoms with Crippen LogP contribution in [0.3, 0.4) is 0 Å². The molecular weight excluding hydrogens is 691 g/mol. The van der Waals surface area contributed by atoms with Gasteiger partial charge in [-0.15, -0.1) is 0 Å². The maximum Gasteiger partial charge on any atom is 0.229 e. The van der Waals surface area contributed by atoms with Crippen LogP contribution in [-0.2, 0) is 18.0 Å². The molecule has 0 amide bonds. The smallest absolute Gasteiger partial charge is 0.229 e. The van der Waals surface area contributed by atoms with Gasteiger partial charge in [-0.25, -0.2) is 14.6 Å². The van der Waals surface area contributed by atoms with Crippen LogP contribution in [0.4, 0.5) is 28.8 Å². The fraction of sp³-hybridized carbons (Fsp3) is 0.471. The predicted octanol–water partition coefficient (Wildman–Crippen LogP) is 5.56. The van der Waals surface area contributed by atoms with E-state index in [0.717, 1.165) is 49.6 Å².